The number of sulfonamides is 1. The molecule has 0 N–H and O–H groups in total. The molecule has 1 amide bonds. The number of rotatable bonds is 11. The van der Waals surface area contributed by atoms with Crippen LogP contribution in [0.3, 0.4) is 0 Å². The quantitative estimate of drug-likeness (QED) is 0.224. The van der Waals surface area contributed by atoms with Crippen LogP contribution in [-0.2, 0) is 16.6 Å². The molecule has 10 heteroatoms. The van der Waals surface area contributed by atoms with Crippen molar-refractivity contribution in [3.63, 3.8) is 0 Å². The molecule has 0 fully saturated rings. The summed E-state index contributed by atoms with van der Waals surface area (Å²) in [5.41, 5.74) is 1.07. The van der Waals surface area contributed by atoms with E-state index in [1.807, 2.05) is 45.9 Å². The van der Waals surface area contributed by atoms with Crippen LogP contribution in [0.5, 0.6) is 5.75 Å². The van der Waals surface area contributed by atoms with Gasteiger partial charge in [-0.3, -0.25) is 9.69 Å². The third kappa shape index (κ3) is 6.25. The zero-order chi connectivity index (χ0) is 27.4. The van der Waals surface area contributed by atoms with Gasteiger partial charge in [-0.15, -0.1) is 0 Å². The number of carbonyl (C=O) groups excluding carboxylic acids is 1. The van der Waals surface area contributed by atoms with Crippen LogP contribution in [0.2, 0.25) is 0 Å². The van der Waals surface area contributed by atoms with E-state index in [1.165, 1.54) is 27.8 Å². The second-order valence-electron chi connectivity index (χ2n) is 9.93. The van der Waals surface area contributed by atoms with E-state index in [2.05, 4.69) is 4.98 Å². The van der Waals surface area contributed by atoms with Crippen LogP contribution in [0, 0.1) is 11.8 Å². The summed E-state index contributed by atoms with van der Waals surface area (Å²) in [5, 5.41) is 0.506. The van der Waals surface area contributed by atoms with Gasteiger partial charge in [-0.1, -0.05) is 39.0 Å². The SMILES string of the molecule is COc1ccc2sc(N(Cc3ccco3)C(=O)c3ccc(S(=O)(=O)N(CC(C)C)CC(C)C)cc3)nc2c1. The molecule has 0 unspecified atom stereocenters. The first-order chi connectivity index (χ1) is 18.1. The lowest BCUT2D eigenvalue weighted by atomic mass is 10.2. The van der Waals surface area contributed by atoms with Crippen molar-refractivity contribution in [3.8, 4) is 5.75 Å². The Morgan fingerprint density at radius 1 is 1.03 bits per heavy atom. The summed E-state index contributed by atoms with van der Waals surface area (Å²) in [5.74, 6) is 1.35. The Morgan fingerprint density at radius 3 is 2.29 bits per heavy atom. The van der Waals surface area contributed by atoms with E-state index in [9.17, 15) is 13.2 Å². The van der Waals surface area contributed by atoms with Crippen LogP contribution in [0.4, 0.5) is 5.13 Å². The average molecular weight is 556 g/mol. The van der Waals surface area contributed by atoms with Gasteiger partial charge in [0.15, 0.2) is 5.13 Å². The Balaban J connectivity index is 1.66. The molecular weight excluding hydrogens is 522 g/mol. The van der Waals surface area contributed by atoms with Gasteiger partial charge >= 0.3 is 0 Å². The molecule has 38 heavy (non-hydrogen) atoms. The van der Waals surface area contributed by atoms with Crippen molar-refractivity contribution < 1.29 is 22.4 Å². The molecule has 2 aromatic carbocycles. The second-order valence-corrected chi connectivity index (χ2v) is 12.9. The maximum atomic E-state index is 13.7. The van der Waals surface area contributed by atoms with E-state index in [0.29, 0.717) is 35.3 Å². The number of amides is 1. The van der Waals surface area contributed by atoms with E-state index >= 15 is 0 Å². The van der Waals surface area contributed by atoms with Gasteiger partial charge in [0.1, 0.15) is 11.5 Å². The predicted molar refractivity (Wildman–Crippen MR) is 150 cm³/mol. The van der Waals surface area contributed by atoms with Crippen LogP contribution in [-0.4, -0.2) is 43.8 Å². The number of hydrogen-bond acceptors (Lipinski definition) is 7. The third-order valence-electron chi connectivity index (χ3n) is 5.83. The molecule has 4 rings (SSSR count). The standard InChI is InChI=1S/C28H33N3O5S2/c1-19(2)16-30(17-20(3)4)38(33,34)24-11-8-21(9-12-24)27(32)31(18-23-7-6-14-36-23)28-29-25-15-22(35-5)10-13-26(25)37-28/h6-15,19-20H,16-18H2,1-5H3. The molecule has 4 aromatic rings. The van der Waals surface area contributed by atoms with Crippen molar-refractivity contribution in [2.75, 3.05) is 25.1 Å². The number of fused-ring (bicyclic) bond motifs is 1. The number of furan rings is 1. The van der Waals surface area contributed by atoms with Crippen molar-refractivity contribution in [1.29, 1.82) is 0 Å². The molecule has 0 spiro atoms. The van der Waals surface area contributed by atoms with E-state index in [1.54, 1.807) is 42.5 Å². The highest BCUT2D eigenvalue weighted by molar-refractivity contribution is 7.89. The minimum Gasteiger partial charge on any atom is -0.497 e. The number of carbonyl (C=O) groups is 1. The van der Waals surface area contributed by atoms with Crippen molar-refractivity contribution in [1.82, 2.24) is 9.29 Å². The molecule has 0 atom stereocenters. The van der Waals surface area contributed by atoms with Crippen LogP contribution in [0.15, 0.2) is 70.2 Å². The Labute approximate surface area is 227 Å². The fourth-order valence-corrected chi connectivity index (χ4v) is 6.79. The van der Waals surface area contributed by atoms with Crippen molar-refractivity contribution in [3.05, 3.63) is 72.2 Å². The molecule has 0 aliphatic carbocycles. The maximum absolute atomic E-state index is 13.7. The zero-order valence-electron chi connectivity index (χ0n) is 22.2. The summed E-state index contributed by atoms with van der Waals surface area (Å²) in [6.45, 7) is 9.03. The third-order valence-corrected chi connectivity index (χ3v) is 8.74. The lowest BCUT2D eigenvalue weighted by molar-refractivity contribution is 0.0983. The molecule has 2 heterocycles. The van der Waals surface area contributed by atoms with Gasteiger partial charge in [0.2, 0.25) is 10.0 Å². The van der Waals surface area contributed by atoms with Gasteiger partial charge in [0.05, 0.1) is 35.0 Å². The van der Waals surface area contributed by atoms with Gasteiger partial charge in [0, 0.05) is 24.7 Å². The molecule has 0 aliphatic heterocycles. The number of anilines is 1. The van der Waals surface area contributed by atoms with E-state index < -0.39 is 10.0 Å². The molecule has 202 valence electrons. The summed E-state index contributed by atoms with van der Waals surface area (Å²) in [7, 11) is -2.11. The van der Waals surface area contributed by atoms with E-state index in [4.69, 9.17) is 9.15 Å². The smallest absolute Gasteiger partial charge is 0.260 e. The molecule has 0 radical (unpaired) electrons. The van der Waals surface area contributed by atoms with Gasteiger partial charge in [-0.2, -0.15) is 4.31 Å². The summed E-state index contributed by atoms with van der Waals surface area (Å²) in [6.07, 6.45) is 1.56. The average Bonchev–Trinajstić information content (AvgIpc) is 3.55. The van der Waals surface area contributed by atoms with E-state index in [-0.39, 0.29) is 29.2 Å². The van der Waals surface area contributed by atoms with Gasteiger partial charge in [-0.05, 0) is 60.4 Å². The molecule has 0 aliphatic rings. The molecule has 2 aromatic heterocycles. The van der Waals surface area contributed by atoms with E-state index in [0.717, 1.165) is 10.2 Å². The fourth-order valence-electron chi connectivity index (χ4n) is 4.08. The first kappa shape index (κ1) is 27.8. The first-order valence-electron chi connectivity index (χ1n) is 12.5. The number of hydrogen-bond donors (Lipinski definition) is 0. The van der Waals surface area contributed by atoms with Crippen LogP contribution in [0.1, 0.15) is 43.8 Å². The van der Waals surface area contributed by atoms with Crippen LogP contribution in [0.25, 0.3) is 10.2 Å². The van der Waals surface area contributed by atoms with Gasteiger partial charge < -0.3 is 9.15 Å². The Hall–Kier alpha value is -3.21. The monoisotopic (exact) mass is 555 g/mol. The lowest BCUT2D eigenvalue weighted by Crippen LogP contribution is -2.37. The lowest BCUT2D eigenvalue weighted by Gasteiger charge is -2.25. The summed E-state index contributed by atoms with van der Waals surface area (Å²) < 4.78 is 40.1. The summed E-state index contributed by atoms with van der Waals surface area (Å²) in [4.78, 5) is 20.1. The maximum Gasteiger partial charge on any atom is 0.260 e. The highest BCUT2D eigenvalue weighted by Gasteiger charge is 2.27. The number of thiazole rings is 1. The Morgan fingerprint density at radius 2 is 1.71 bits per heavy atom. The largest absolute Gasteiger partial charge is 0.497 e. The Kier molecular flexibility index (Phi) is 8.54. The van der Waals surface area contributed by atoms with Crippen LogP contribution < -0.4 is 9.64 Å². The predicted octanol–water partition coefficient (Wildman–Crippen LogP) is 6.05. The molecule has 0 bridgehead atoms. The number of aromatic nitrogens is 1. The number of ether oxygens (including phenoxy) is 1. The molecule has 0 saturated carbocycles. The number of nitrogens with zero attached hydrogens (tertiary/aromatic N) is 3. The fraction of sp³-hybridized carbons (Fsp3) is 0.357. The van der Waals surface area contributed by atoms with Crippen molar-refractivity contribution in [2.24, 2.45) is 11.8 Å². The first-order valence-corrected chi connectivity index (χ1v) is 14.7. The molecular formula is C28H33N3O5S2. The number of methoxy groups -OCH3 is 1. The summed E-state index contributed by atoms with van der Waals surface area (Å²) >= 11 is 1.39. The van der Waals surface area contributed by atoms with Gasteiger partial charge in [-0.25, -0.2) is 13.4 Å². The normalized spacial score (nSPS) is 12.1. The molecule has 0 saturated heterocycles. The van der Waals surface area contributed by atoms with Crippen molar-refractivity contribution >= 4 is 42.6 Å². The minimum absolute atomic E-state index is 0.167. The number of benzene rings is 2. The zero-order valence-corrected chi connectivity index (χ0v) is 23.9. The van der Waals surface area contributed by atoms with Gasteiger partial charge in [0.25, 0.3) is 5.91 Å². The highest BCUT2D eigenvalue weighted by atomic mass is 32.2. The Bertz CT molecular complexity index is 1470. The second kappa shape index (κ2) is 11.7. The topological polar surface area (TPSA) is 92.9 Å². The van der Waals surface area contributed by atoms with Crippen LogP contribution >= 0.6 is 11.3 Å². The molecule has 8 nitrogen and oxygen atoms in total. The van der Waals surface area contributed by atoms with Crippen molar-refractivity contribution in [2.45, 2.75) is 39.1 Å². The minimum atomic E-state index is -3.70. The summed E-state index contributed by atoms with van der Waals surface area (Å²) in [6, 6.07) is 15.3. The highest BCUT2D eigenvalue weighted by Crippen LogP contribution is 2.33.